The molecule has 0 fully saturated rings. The maximum absolute atomic E-state index is 14.7. The molecule has 1 aromatic heterocycles. The van der Waals surface area contributed by atoms with E-state index in [-0.39, 0.29) is 0 Å². The van der Waals surface area contributed by atoms with Crippen LogP contribution in [-0.4, -0.2) is 12.1 Å². The van der Waals surface area contributed by atoms with Gasteiger partial charge in [-0.05, 0) is 53.3 Å². The third kappa shape index (κ3) is 4.15. The highest BCUT2D eigenvalue weighted by Crippen LogP contribution is 2.33. The van der Waals surface area contributed by atoms with Crippen molar-refractivity contribution in [2.75, 3.05) is 7.11 Å². The third-order valence-corrected chi connectivity index (χ3v) is 4.56. The van der Waals surface area contributed by atoms with Crippen LogP contribution in [0.4, 0.5) is 4.39 Å². The van der Waals surface area contributed by atoms with Gasteiger partial charge >= 0.3 is 0 Å². The van der Waals surface area contributed by atoms with E-state index in [9.17, 15) is 4.39 Å². The second-order valence-electron chi connectivity index (χ2n) is 5.40. The minimum atomic E-state index is -0.396. The Kier molecular flexibility index (Phi) is 6.79. The Hall–Kier alpha value is -1.42. The average Bonchev–Trinajstić information content (AvgIpc) is 2.58. The number of aromatic nitrogens is 1. The molecule has 2 rings (SSSR count). The van der Waals surface area contributed by atoms with Gasteiger partial charge in [0.2, 0.25) is 0 Å². The number of hydrogen-bond donors (Lipinski definition) is 0. The van der Waals surface area contributed by atoms with E-state index in [1.54, 1.807) is 19.2 Å². The first-order valence-electron chi connectivity index (χ1n) is 7.82. The van der Waals surface area contributed by atoms with E-state index >= 15 is 0 Å². The summed E-state index contributed by atoms with van der Waals surface area (Å²) in [5, 5.41) is 0.917. The molecule has 0 saturated carbocycles. The number of halogens is 3. The lowest BCUT2D eigenvalue weighted by Gasteiger charge is -2.16. The molecule has 2 aromatic rings. The molecule has 1 heterocycles. The van der Waals surface area contributed by atoms with Gasteiger partial charge in [0, 0.05) is 18.9 Å². The van der Waals surface area contributed by atoms with E-state index in [2.05, 4.69) is 4.98 Å². The van der Waals surface area contributed by atoms with Crippen LogP contribution in [-0.2, 0) is 24.2 Å². The number of nitrogens with zero attached hydrogens (tertiary/aromatic N) is 1. The van der Waals surface area contributed by atoms with Crippen LogP contribution in [0, 0.1) is 0 Å². The van der Waals surface area contributed by atoms with Crippen LogP contribution in [0.25, 0.3) is 11.9 Å². The van der Waals surface area contributed by atoms with Crippen LogP contribution >= 0.6 is 23.2 Å². The van der Waals surface area contributed by atoms with Gasteiger partial charge in [-0.2, -0.15) is 0 Å². The summed E-state index contributed by atoms with van der Waals surface area (Å²) in [6.45, 7) is 4.52. The summed E-state index contributed by atoms with van der Waals surface area (Å²) >= 11 is 12.3. The van der Waals surface area contributed by atoms with Crippen molar-refractivity contribution >= 4 is 35.1 Å². The third-order valence-electron chi connectivity index (χ3n) is 3.89. The first-order chi connectivity index (χ1) is 11.5. The van der Waals surface area contributed by atoms with Gasteiger partial charge in [-0.15, -0.1) is 0 Å². The number of benzene rings is 1. The van der Waals surface area contributed by atoms with Crippen LogP contribution in [0.2, 0.25) is 10.2 Å². The maximum Gasteiger partial charge on any atom is 0.132 e. The van der Waals surface area contributed by atoms with E-state index < -0.39 is 5.83 Å². The Morgan fingerprint density at radius 3 is 2.50 bits per heavy atom. The van der Waals surface area contributed by atoms with Gasteiger partial charge in [-0.1, -0.05) is 43.1 Å². The smallest absolute Gasteiger partial charge is 0.132 e. The van der Waals surface area contributed by atoms with Gasteiger partial charge < -0.3 is 4.74 Å². The monoisotopic (exact) mass is 367 g/mol. The van der Waals surface area contributed by atoms with Gasteiger partial charge in [0.05, 0.1) is 11.6 Å². The lowest BCUT2D eigenvalue weighted by Crippen LogP contribution is -2.02. The zero-order chi connectivity index (χ0) is 17.7. The number of rotatable bonds is 6. The van der Waals surface area contributed by atoms with E-state index in [0.717, 1.165) is 29.5 Å². The minimum Gasteiger partial charge on any atom is -0.380 e. The summed E-state index contributed by atoms with van der Waals surface area (Å²) < 4.78 is 20.0. The van der Waals surface area contributed by atoms with Crippen molar-refractivity contribution in [1.29, 1.82) is 0 Å². The molecule has 24 heavy (non-hydrogen) atoms. The number of methoxy groups -OCH3 is 1. The fraction of sp³-hybridized carbons (Fsp3) is 0.316. The average molecular weight is 368 g/mol. The molecule has 0 radical (unpaired) electrons. The summed E-state index contributed by atoms with van der Waals surface area (Å²) in [6, 6.07) is 5.20. The molecule has 2 nitrogen and oxygen atoms in total. The second-order valence-corrected chi connectivity index (χ2v) is 6.17. The lowest BCUT2D eigenvalue weighted by molar-refractivity contribution is 0.184. The molecule has 0 N–H and O–H groups in total. The molecule has 0 bridgehead atoms. The first-order valence-corrected chi connectivity index (χ1v) is 8.58. The van der Waals surface area contributed by atoms with E-state index in [4.69, 9.17) is 27.9 Å². The summed E-state index contributed by atoms with van der Waals surface area (Å²) in [7, 11) is 1.65. The number of ether oxygens (including phenoxy) is 1. The summed E-state index contributed by atoms with van der Waals surface area (Å²) in [5.74, 6) is -0.396. The normalized spacial score (nSPS) is 11.8. The molecule has 0 saturated heterocycles. The van der Waals surface area contributed by atoms with Crippen molar-refractivity contribution in [1.82, 2.24) is 4.98 Å². The predicted octanol–water partition coefficient (Wildman–Crippen LogP) is 6.13. The van der Waals surface area contributed by atoms with Gasteiger partial charge in [0.25, 0.3) is 0 Å². The summed E-state index contributed by atoms with van der Waals surface area (Å²) in [6.07, 6.45) is 4.39. The predicted molar refractivity (Wildman–Crippen MR) is 99.1 cm³/mol. The first kappa shape index (κ1) is 18.9. The highest BCUT2D eigenvalue weighted by atomic mass is 35.5. The van der Waals surface area contributed by atoms with Crippen molar-refractivity contribution < 1.29 is 9.13 Å². The number of aryl methyl sites for hydroxylation is 1. The fourth-order valence-electron chi connectivity index (χ4n) is 2.68. The molecule has 5 heteroatoms. The Morgan fingerprint density at radius 2 is 1.96 bits per heavy atom. The van der Waals surface area contributed by atoms with Gasteiger partial charge in [-0.3, -0.25) is 0 Å². The largest absolute Gasteiger partial charge is 0.380 e. The zero-order valence-corrected chi connectivity index (χ0v) is 15.5. The Balaban J connectivity index is 2.60. The van der Waals surface area contributed by atoms with Crippen LogP contribution < -0.4 is 0 Å². The fourth-order valence-corrected chi connectivity index (χ4v) is 3.14. The minimum absolute atomic E-state index is 0.328. The molecule has 0 aliphatic heterocycles. The quantitative estimate of drug-likeness (QED) is 0.573. The Morgan fingerprint density at radius 1 is 1.21 bits per heavy atom. The van der Waals surface area contributed by atoms with Crippen molar-refractivity contribution in [3.8, 4) is 0 Å². The second kappa shape index (κ2) is 8.61. The molecule has 0 spiro atoms. The van der Waals surface area contributed by atoms with E-state index in [1.165, 1.54) is 12.3 Å². The van der Waals surface area contributed by atoms with E-state index in [1.807, 2.05) is 19.9 Å². The van der Waals surface area contributed by atoms with Gasteiger partial charge in [0.1, 0.15) is 11.0 Å². The number of hydrogen-bond acceptors (Lipinski definition) is 2. The zero-order valence-electron chi connectivity index (χ0n) is 14.0. The Labute approximate surface area is 152 Å². The van der Waals surface area contributed by atoms with Crippen molar-refractivity contribution in [3.05, 3.63) is 62.4 Å². The van der Waals surface area contributed by atoms with Gasteiger partial charge in [0.15, 0.2) is 0 Å². The summed E-state index contributed by atoms with van der Waals surface area (Å²) in [5.41, 5.74) is 4.09. The molecule has 128 valence electrons. The van der Waals surface area contributed by atoms with Crippen LogP contribution in [0.15, 0.2) is 24.4 Å². The molecular formula is C19H20Cl2FNO. The standard InChI is InChI=1S/C19H20Cl2FNO/c1-4-12-8-14(11-24-3)15(5-2)16(19(12)21)9-17(22)13-6-7-18(20)23-10-13/h6-10H,4-5,11H2,1-3H3/b17-9-. The highest BCUT2D eigenvalue weighted by Gasteiger charge is 2.15. The summed E-state index contributed by atoms with van der Waals surface area (Å²) in [4.78, 5) is 3.92. The SMILES string of the molecule is CCc1cc(COC)c(CC)c(/C=C(\F)c2ccc(Cl)nc2)c1Cl. The van der Waals surface area contributed by atoms with Crippen LogP contribution in [0.5, 0.6) is 0 Å². The van der Waals surface area contributed by atoms with Crippen molar-refractivity contribution in [2.45, 2.75) is 33.3 Å². The van der Waals surface area contributed by atoms with Crippen molar-refractivity contribution in [3.63, 3.8) is 0 Å². The van der Waals surface area contributed by atoms with Crippen molar-refractivity contribution in [2.24, 2.45) is 0 Å². The highest BCUT2D eigenvalue weighted by molar-refractivity contribution is 6.33. The molecule has 1 aromatic carbocycles. The maximum atomic E-state index is 14.7. The van der Waals surface area contributed by atoms with Gasteiger partial charge in [-0.25, -0.2) is 9.37 Å². The molecule has 0 aliphatic carbocycles. The molecule has 0 unspecified atom stereocenters. The number of pyridine rings is 1. The molecule has 0 atom stereocenters. The van der Waals surface area contributed by atoms with E-state index in [0.29, 0.717) is 27.9 Å². The molecular weight excluding hydrogens is 348 g/mol. The van der Waals surface area contributed by atoms with Crippen LogP contribution in [0.3, 0.4) is 0 Å². The molecule has 0 amide bonds. The Bertz CT molecular complexity index is 742. The lowest BCUT2D eigenvalue weighted by atomic mass is 9.94. The topological polar surface area (TPSA) is 22.1 Å². The van der Waals surface area contributed by atoms with Crippen LogP contribution in [0.1, 0.15) is 41.7 Å². The molecule has 0 aliphatic rings.